The maximum Gasteiger partial charge on any atom is 0.238 e. The topological polar surface area (TPSA) is 98.2 Å². The Morgan fingerprint density at radius 3 is 2.67 bits per heavy atom. The fourth-order valence-electron chi connectivity index (χ4n) is 2.13. The Hall–Kier alpha value is -1.57. The lowest BCUT2D eigenvalue weighted by Crippen LogP contribution is -2.14. The van der Waals surface area contributed by atoms with Gasteiger partial charge in [0.15, 0.2) is 0 Å². The molecule has 1 heterocycles. The van der Waals surface area contributed by atoms with E-state index in [-0.39, 0.29) is 10.9 Å². The summed E-state index contributed by atoms with van der Waals surface area (Å²) < 4.78 is 22.9. The molecule has 0 saturated heterocycles. The minimum Gasteiger partial charge on any atom is -0.399 e. The number of nitrogens with one attached hydrogen (secondary N) is 1. The summed E-state index contributed by atoms with van der Waals surface area (Å²) in [4.78, 5) is 1.22. The molecular formula is C14H19N3O2S2. The maximum absolute atomic E-state index is 11.5. The normalized spacial score (nSPS) is 13.0. The van der Waals surface area contributed by atoms with Crippen molar-refractivity contribution in [1.29, 1.82) is 0 Å². The molecule has 1 aromatic carbocycles. The van der Waals surface area contributed by atoms with Crippen LogP contribution in [0, 0.1) is 0 Å². The second-order valence-corrected chi connectivity index (χ2v) is 7.38. The molecule has 5 N–H and O–H groups in total. The van der Waals surface area contributed by atoms with Gasteiger partial charge in [0, 0.05) is 16.3 Å². The van der Waals surface area contributed by atoms with Crippen LogP contribution in [0.2, 0.25) is 0 Å². The van der Waals surface area contributed by atoms with E-state index < -0.39 is 10.0 Å². The van der Waals surface area contributed by atoms with E-state index in [1.165, 1.54) is 17.0 Å². The summed E-state index contributed by atoms with van der Waals surface area (Å²) in [5, 5.41) is 10.5. The van der Waals surface area contributed by atoms with Gasteiger partial charge in [-0.1, -0.05) is 19.4 Å². The molecule has 0 bridgehead atoms. The number of anilines is 2. The predicted molar refractivity (Wildman–Crippen MR) is 87.8 cm³/mol. The Morgan fingerprint density at radius 2 is 2.10 bits per heavy atom. The van der Waals surface area contributed by atoms with Crippen LogP contribution in [-0.4, -0.2) is 8.42 Å². The average Bonchev–Trinajstić information content (AvgIpc) is 2.90. The van der Waals surface area contributed by atoms with E-state index in [1.54, 1.807) is 17.4 Å². The third-order valence-corrected chi connectivity index (χ3v) is 4.94. The first-order valence-electron chi connectivity index (χ1n) is 6.63. The van der Waals surface area contributed by atoms with Gasteiger partial charge in [0.2, 0.25) is 10.0 Å². The molecule has 114 valence electrons. The van der Waals surface area contributed by atoms with E-state index in [2.05, 4.69) is 18.3 Å². The Bertz CT molecular complexity index is 697. The van der Waals surface area contributed by atoms with Gasteiger partial charge in [0.05, 0.1) is 10.9 Å². The van der Waals surface area contributed by atoms with Crippen LogP contribution in [0.1, 0.15) is 30.7 Å². The van der Waals surface area contributed by atoms with Crippen molar-refractivity contribution in [2.45, 2.75) is 30.7 Å². The summed E-state index contributed by atoms with van der Waals surface area (Å²) in [6.45, 7) is 2.11. The molecule has 5 nitrogen and oxygen atoms in total. The van der Waals surface area contributed by atoms with Crippen molar-refractivity contribution in [3.05, 3.63) is 40.6 Å². The quantitative estimate of drug-likeness (QED) is 0.711. The van der Waals surface area contributed by atoms with Crippen LogP contribution >= 0.6 is 11.3 Å². The van der Waals surface area contributed by atoms with Crippen LogP contribution in [-0.2, 0) is 10.0 Å². The van der Waals surface area contributed by atoms with Crippen molar-refractivity contribution in [3.8, 4) is 0 Å². The zero-order chi connectivity index (χ0) is 15.5. The zero-order valence-electron chi connectivity index (χ0n) is 11.7. The summed E-state index contributed by atoms with van der Waals surface area (Å²) in [5.74, 6) is 0. The van der Waals surface area contributed by atoms with Crippen LogP contribution in [0.25, 0.3) is 0 Å². The van der Waals surface area contributed by atoms with Crippen LogP contribution < -0.4 is 16.2 Å². The van der Waals surface area contributed by atoms with Gasteiger partial charge in [-0.25, -0.2) is 13.6 Å². The number of benzene rings is 1. The van der Waals surface area contributed by atoms with Crippen molar-refractivity contribution in [2.24, 2.45) is 5.14 Å². The van der Waals surface area contributed by atoms with Crippen molar-refractivity contribution in [2.75, 3.05) is 11.1 Å². The van der Waals surface area contributed by atoms with E-state index in [0.717, 1.165) is 12.8 Å². The van der Waals surface area contributed by atoms with Gasteiger partial charge in [-0.15, -0.1) is 11.3 Å². The van der Waals surface area contributed by atoms with E-state index in [4.69, 9.17) is 10.9 Å². The summed E-state index contributed by atoms with van der Waals surface area (Å²) in [5.41, 5.74) is 6.79. The smallest absolute Gasteiger partial charge is 0.238 e. The van der Waals surface area contributed by atoms with Crippen molar-refractivity contribution in [3.63, 3.8) is 0 Å². The molecule has 0 amide bonds. The third-order valence-electron chi connectivity index (χ3n) is 3.06. The Labute approximate surface area is 129 Å². The largest absolute Gasteiger partial charge is 0.399 e. The molecule has 1 unspecified atom stereocenters. The van der Waals surface area contributed by atoms with Crippen molar-refractivity contribution >= 4 is 32.7 Å². The van der Waals surface area contributed by atoms with Gasteiger partial charge in [0.25, 0.3) is 0 Å². The molecule has 2 rings (SSSR count). The highest BCUT2D eigenvalue weighted by Gasteiger charge is 2.14. The number of nitrogen functional groups attached to an aromatic ring is 1. The molecule has 0 aliphatic rings. The van der Waals surface area contributed by atoms with Gasteiger partial charge in [-0.3, -0.25) is 0 Å². The van der Waals surface area contributed by atoms with Crippen molar-refractivity contribution in [1.82, 2.24) is 0 Å². The molecule has 21 heavy (non-hydrogen) atoms. The third kappa shape index (κ3) is 4.20. The molecule has 1 aromatic heterocycles. The number of hydrogen-bond acceptors (Lipinski definition) is 5. The van der Waals surface area contributed by atoms with Gasteiger partial charge >= 0.3 is 0 Å². The molecule has 7 heteroatoms. The minimum atomic E-state index is -3.77. The molecule has 0 aliphatic heterocycles. The number of hydrogen-bond donors (Lipinski definition) is 3. The van der Waals surface area contributed by atoms with Gasteiger partial charge in [-0.05, 0) is 36.1 Å². The van der Waals surface area contributed by atoms with E-state index >= 15 is 0 Å². The first kappa shape index (κ1) is 15.8. The average molecular weight is 325 g/mol. The predicted octanol–water partition coefficient (Wildman–Crippen LogP) is 2.93. The first-order chi connectivity index (χ1) is 9.90. The van der Waals surface area contributed by atoms with E-state index in [0.29, 0.717) is 11.4 Å². The standard InChI is InChI=1S/C14H19N3O2S2/c1-2-4-13(14-5-3-6-20-14)17-11-7-10(15)8-12(9-11)21(16,18)19/h3,5-9,13,17H,2,4,15H2,1H3,(H2,16,18,19). The highest BCUT2D eigenvalue weighted by Crippen LogP contribution is 2.29. The monoisotopic (exact) mass is 325 g/mol. The second-order valence-electron chi connectivity index (χ2n) is 4.84. The first-order valence-corrected chi connectivity index (χ1v) is 9.06. The van der Waals surface area contributed by atoms with E-state index in [9.17, 15) is 8.42 Å². The van der Waals surface area contributed by atoms with Crippen LogP contribution in [0.5, 0.6) is 0 Å². The van der Waals surface area contributed by atoms with Crippen LogP contribution in [0.3, 0.4) is 0 Å². The number of primary sulfonamides is 1. The molecule has 0 radical (unpaired) electrons. The SMILES string of the molecule is CCCC(Nc1cc(N)cc(S(N)(=O)=O)c1)c1cccs1. The van der Waals surface area contributed by atoms with Gasteiger partial charge in [0.1, 0.15) is 0 Å². The van der Waals surface area contributed by atoms with Gasteiger partial charge < -0.3 is 11.1 Å². The molecule has 2 aromatic rings. The number of nitrogens with two attached hydrogens (primary N) is 2. The second kappa shape index (κ2) is 6.46. The molecule has 0 saturated carbocycles. The molecule has 0 aliphatic carbocycles. The Kier molecular flexibility index (Phi) is 4.87. The van der Waals surface area contributed by atoms with Crippen LogP contribution in [0.4, 0.5) is 11.4 Å². The number of sulfonamides is 1. The zero-order valence-corrected chi connectivity index (χ0v) is 13.4. The summed E-state index contributed by atoms with van der Waals surface area (Å²) in [6.07, 6.45) is 1.96. The number of rotatable bonds is 6. The molecule has 0 fully saturated rings. The molecule has 1 atom stereocenters. The lowest BCUT2D eigenvalue weighted by Gasteiger charge is -2.19. The lowest BCUT2D eigenvalue weighted by atomic mass is 10.1. The number of thiophene rings is 1. The summed E-state index contributed by atoms with van der Waals surface area (Å²) in [7, 11) is -3.77. The van der Waals surface area contributed by atoms with E-state index in [1.807, 2.05) is 11.4 Å². The minimum absolute atomic E-state index is 0.0198. The highest BCUT2D eigenvalue weighted by atomic mass is 32.2. The molecule has 0 spiro atoms. The lowest BCUT2D eigenvalue weighted by molar-refractivity contribution is 0.598. The Balaban J connectivity index is 2.31. The molecular weight excluding hydrogens is 306 g/mol. The van der Waals surface area contributed by atoms with Crippen LogP contribution in [0.15, 0.2) is 40.6 Å². The fraction of sp³-hybridized carbons (Fsp3) is 0.286. The highest BCUT2D eigenvalue weighted by molar-refractivity contribution is 7.89. The summed E-state index contributed by atoms with van der Waals surface area (Å²) in [6, 6.07) is 8.78. The summed E-state index contributed by atoms with van der Waals surface area (Å²) >= 11 is 1.67. The van der Waals surface area contributed by atoms with Crippen molar-refractivity contribution < 1.29 is 8.42 Å². The van der Waals surface area contributed by atoms with Gasteiger partial charge in [-0.2, -0.15) is 0 Å². The maximum atomic E-state index is 11.5. The Morgan fingerprint density at radius 1 is 1.33 bits per heavy atom. The fourth-order valence-corrected chi connectivity index (χ4v) is 3.54.